The molecule has 0 saturated carbocycles. The van der Waals surface area contributed by atoms with Crippen LogP contribution in [0.15, 0.2) is 0 Å². The molecule has 0 spiro atoms. The Morgan fingerprint density at radius 2 is 2.14 bits per heavy atom. The van der Waals surface area contributed by atoms with Crippen LogP contribution in [0.3, 0.4) is 0 Å². The summed E-state index contributed by atoms with van der Waals surface area (Å²) in [6, 6.07) is 0.457. The van der Waals surface area contributed by atoms with Gasteiger partial charge in [-0.3, -0.25) is 4.79 Å². The molecule has 3 fully saturated rings. The van der Waals surface area contributed by atoms with Crippen molar-refractivity contribution >= 4 is 5.91 Å². The number of piperidine rings is 2. The molecule has 3 bridgehead atoms. The molecule has 0 aromatic carbocycles. The van der Waals surface area contributed by atoms with E-state index in [2.05, 4.69) is 5.32 Å². The molecule has 4 nitrogen and oxygen atoms in total. The topological polar surface area (TPSA) is 52.6 Å². The van der Waals surface area contributed by atoms with Gasteiger partial charge in [0.25, 0.3) is 0 Å². The van der Waals surface area contributed by atoms with Crippen molar-refractivity contribution in [2.75, 3.05) is 6.54 Å². The predicted octanol–water partition coefficient (Wildman–Crippen LogP) is -0.672. The van der Waals surface area contributed by atoms with Crippen LogP contribution in [0.4, 0.5) is 0 Å². The first kappa shape index (κ1) is 8.68. The summed E-state index contributed by atoms with van der Waals surface area (Å²) in [5, 5.41) is 13.4. The number of hydrogen-bond acceptors (Lipinski definition) is 3. The molecule has 0 aromatic rings. The number of aliphatic hydroxyl groups excluding tert-OH is 1. The first-order valence-corrected chi connectivity index (χ1v) is 5.39. The van der Waals surface area contributed by atoms with E-state index in [1.165, 1.54) is 0 Å². The van der Waals surface area contributed by atoms with Gasteiger partial charge in [-0.25, -0.2) is 0 Å². The van der Waals surface area contributed by atoms with Gasteiger partial charge in [-0.05, 0) is 25.3 Å². The molecule has 3 rings (SSSR count). The van der Waals surface area contributed by atoms with Crippen molar-refractivity contribution in [3.8, 4) is 0 Å². The van der Waals surface area contributed by atoms with Crippen LogP contribution in [-0.4, -0.2) is 46.7 Å². The molecule has 0 aliphatic carbocycles. The van der Waals surface area contributed by atoms with Crippen molar-refractivity contribution in [3.05, 3.63) is 0 Å². The van der Waals surface area contributed by atoms with Crippen molar-refractivity contribution in [1.29, 1.82) is 0 Å². The molecule has 14 heavy (non-hydrogen) atoms. The van der Waals surface area contributed by atoms with E-state index in [1.54, 1.807) is 6.92 Å². The van der Waals surface area contributed by atoms with Crippen LogP contribution in [0.5, 0.6) is 0 Å². The highest BCUT2D eigenvalue weighted by molar-refractivity contribution is 5.75. The molecule has 2 N–H and O–H groups in total. The number of nitrogens with zero attached hydrogens (tertiary/aromatic N) is 1. The number of nitrogens with one attached hydrogen (secondary N) is 1. The van der Waals surface area contributed by atoms with Gasteiger partial charge in [0.1, 0.15) is 0 Å². The van der Waals surface area contributed by atoms with E-state index < -0.39 is 0 Å². The number of carbonyl (C=O) groups excluding carboxylic acids is 1. The zero-order chi connectivity index (χ0) is 9.87. The minimum atomic E-state index is -0.351. The van der Waals surface area contributed by atoms with Crippen LogP contribution in [0, 0.1) is 5.92 Å². The largest absolute Gasteiger partial charge is 0.389 e. The monoisotopic (exact) mass is 196 g/mol. The second-order valence-electron chi connectivity index (χ2n) is 4.82. The van der Waals surface area contributed by atoms with Crippen LogP contribution in [-0.2, 0) is 4.79 Å². The predicted molar refractivity (Wildman–Crippen MR) is 50.6 cm³/mol. The summed E-state index contributed by atoms with van der Waals surface area (Å²) in [5.74, 6) is 0.776. The minimum absolute atomic E-state index is 0.0799. The van der Waals surface area contributed by atoms with E-state index >= 15 is 0 Å². The summed E-state index contributed by atoms with van der Waals surface area (Å²) in [6.45, 7) is 2.62. The standard InChI is InChI=1S/C10H16N2O2/c1-5(13)12-7-2-6-3-8(12)10(14)9(7)11-4-6/h6-11,14H,2-4H2,1H3. The van der Waals surface area contributed by atoms with Gasteiger partial charge in [0.05, 0.1) is 24.2 Å². The van der Waals surface area contributed by atoms with E-state index in [-0.39, 0.29) is 30.1 Å². The summed E-state index contributed by atoms with van der Waals surface area (Å²) in [7, 11) is 0. The van der Waals surface area contributed by atoms with Gasteiger partial charge in [0.2, 0.25) is 5.91 Å². The fourth-order valence-corrected chi connectivity index (χ4v) is 3.54. The van der Waals surface area contributed by atoms with Gasteiger partial charge in [-0.1, -0.05) is 0 Å². The first-order chi connectivity index (χ1) is 6.68. The number of hydrogen-bond donors (Lipinski definition) is 2. The Hall–Kier alpha value is -0.610. The van der Waals surface area contributed by atoms with E-state index in [0.717, 1.165) is 19.4 Å². The number of rotatable bonds is 0. The van der Waals surface area contributed by atoms with Crippen LogP contribution in [0.2, 0.25) is 0 Å². The minimum Gasteiger partial charge on any atom is -0.389 e. The summed E-state index contributed by atoms with van der Waals surface area (Å²) in [6.07, 6.45) is 1.70. The number of amides is 1. The molecule has 5 unspecified atom stereocenters. The molecule has 3 saturated heterocycles. The van der Waals surface area contributed by atoms with Crippen LogP contribution >= 0.6 is 0 Å². The lowest BCUT2D eigenvalue weighted by atomic mass is 9.87. The van der Waals surface area contributed by atoms with Crippen molar-refractivity contribution in [1.82, 2.24) is 10.2 Å². The van der Waals surface area contributed by atoms with Crippen molar-refractivity contribution in [2.45, 2.75) is 44.0 Å². The second kappa shape index (κ2) is 2.70. The Bertz CT molecular complexity index is 279. The molecule has 4 heteroatoms. The fourth-order valence-electron chi connectivity index (χ4n) is 3.54. The third-order valence-electron chi connectivity index (χ3n) is 4.05. The third-order valence-corrected chi connectivity index (χ3v) is 4.05. The van der Waals surface area contributed by atoms with Crippen LogP contribution in [0.1, 0.15) is 19.8 Å². The van der Waals surface area contributed by atoms with Gasteiger partial charge in [0.15, 0.2) is 0 Å². The Labute approximate surface area is 83.3 Å². The maximum atomic E-state index is 11.5. The number of aliphatic hydroxyl groups is 1. The molecule has 0 radical (unpaired) electrons. The van der Waals surface area contributed by atoms with Gasteiger partial charge in [-0.2, -0.15) is 0 Å². The normalized spacial score (nSPS) is 49.9. The second-order valence-corrected chi connectivity index (χ2v) is 4.82. The quantitative estimate of drug-likeness (QED) is 0.540. The maximum absolute atomic E-state index is 11.5. The maximum Gasteiger partial charge on any atom is 0.220 e. The van der Waals surface area contributed by atoms with Crippen molar-refractivity contribution in [2.24, 2.45) is 5.92 Å². The average Bonchev–Trinajstić information content (AvgIpc) is 2.27. The number of fused-ring (bicyclic) bond motifs is 2. The van der Waals surface area contributed by atoms with E-state index in [1.807, 2.05) is 4.90 Å². The zero-order valence-electron chi connectivity index (χ0n) is 8.31. The molecular weight excluding hydrogens is 180 g/mol. The highest BCUT2D eigenvalue weighted by Gasteiger charge is 2.55. The molecule has 78 valence electrons. The SMILES string of the molecule is CC(=O)N1C2CC3CNC(C2O)C1C3. The lowest BCUT2D eigenvalue weighted by molar-refractivity contribution is -0.135. The van der Waals surface area contributed by atoms with Gasteiger partial charge < -0.3 is 15.3 Å². The zero-order valence-corrected chi connectivity index (χ0v) is 8.31. The lowest BCUT2D eigenvalue weighted by Crippen LogP contribution is -2.55. The van der Waals surface area contributed by atoms with Gasteiger partial charge in [-0.15, -0.1) is 0 Å². The molecule has 3 aliphatic rings. The van der Waals surface area contributed by atoms with Gasteiger partial charge in [0, 0.05) is 6.92 Å². The summed E-state index contributed by atoms with van der Waals surface area (Å²) in [4.78, 5) is 13.4. The Morgan fingerprint density at radius 3 is 2.86 bits per heavy atom. The van der Waals surface area contributed by atoms with Crippen molar-refractivity contribution < 1.29 is 9.90 Å². The summed E-state index contributed by atoms with van der Waals surface area (Å²) < 4.78 is 0. The van der Waals surface area contributed by atoms with E-state index in [4.69, 9.17) is 0 Å². The average molecular weight is 196 g/mol. The van der Waals surface area contributed by atoms with E-state index in [9.17, 15) is 9.90 Å². The Kier molecular flexibility index (Phi) is 1.67. The van der Waals surface area contributed by atoms with E-state index in [0.29, 0.717) is 5.92 Å². The molecule has 5 atom stereocenters. The first-order valence-electron chi connectivity index (χ1n) is 5.39. The summed E-state index contributed by atoms with van der Waals surface area (Å²) in [5.41, 5.74) is 0. The summed E-state index contributed by atoms with van der Waals surface area (Å²) >= 11 is 0. The Balaban J connectivity index is 1.97. The lowest BCUT2D eigenvalue weighted by Gasteiger charge is -2.42. The number of carbonyl (C=O) groups is 1. The third kappa shape index (κ3) is 0.929. The molecule has 0 aromatic heterocycles. The van der Waals surface area contributed by atoms with Crippen LogP contribution in [0.25, 0.3) is 0 Å². The smallest absolute Gasteiger partial charge is 0.220 e. The highest BCUT2D eigenvalue weighted by Crippen LogP contribution is 2.41. The molecule has 3 aliphatic heterocycles. The molecular formula is C10H16N2O2. The highest BCUT2D eigenvalue weighted by atomic mass is 16.3. The van der Waals surface area contributed by atoms with Crippen molar-refractivity contribution in [3.63, 3.8) is 0 Å². The molecule has 3 heterocycles. The fraction of sp³-hybridized carbons (Fsp3) is 0.900. The van der Waals surface area contributed by atoms with Gasteiger partial charge >= 0.3 is 0 Å². The molecule has 1 amide bonds. The Morgan fingerprint density at radius 1 is 1.43 bits per heavy atom. The van der Waals surface area contributed by atoms with Crippen LogP contribution < -0.4 is 5.32 Å².